The van der Waals surface area contributed by atoms with Crippen LogP contribution in [0.5, 0.6) is 0 Å². The van der Waals surface area contributed by atoms with Gasteiger partial charge in [-0.3, -0.25) is 9.59 Å². The minimum absolute atomic E-state index is 0.0380. The van der Waals surface area contributed by atoms with Crippen LogP contribution in [-0.2, 0) is 11.2 Å². The van der Waals surface area contributed by atoms with Crippen molar-refractivity contribution in [3.05, 3.63) is 16.1 Å². The van der Waals surface area contributed by atoms with Gasteiger partial charge in [0.2, 0.25) is 5.91 Å². The normalized spacial score (nSPS) is 19.4. The third-order valence-electron chi connectivity index (χ3n) is 3.32. The summed E-state index contributed by atoms with van der Waals surface area (Å²) in [5.41, 5.74) is 2.53. The fourth-order valence-corrected chi connectivity index (χ4v) is 3.18. The van der Waals surface area contributed by atoms with Gasteiger partial charge in [-0.05, 0) is 12.8 Å². The molecular formula is C13H19N3O2S. The zero-order valence-corrected chi connectivity index (χ0v) is 12.1. The van der Waals surface area contributed by atoms with E-state index in [1.165, 1.54) is 11.3 Å². The Morgan fingerprint density at radius 2 is 2.37 bits per heavy atom. The Kier molecular flexibility index (Phi) is 4.52. The van der Waals surface area contributed by atoms with E-state index >= 15 is 0 Å². The first-order valence-corrected chi connectivity index (χ1v) is 7.58. The molecule has 0 bridgehead atoms. The number of carbonyl (C=O) groups excluding carboxylic acids is 2. The number of aromatic nitrogens is 1. The van der Waals surface area contributed by atoms with E-state index in [1.54, 1.807) is 10.4 Å². The summed E-state index contributed by atoms with van der Waals surface area (Å²) < 4.78 is 0. The lowest BCUT2D eigenvalue weighted by Gasteiger charge is -2.34. The Bertz CT molecular complexity index is 472. The van der Waals surface area contributed by atoms with Gasteiger partial charge in [-0.1, -0.05) is 20.3 Å². The van der Waals surface area contributed by atoms with E-state index < -0.39 is 0 Å². The van der Waals surface area contributed by atoms with E-state index in [9.17, 15) is 9.59 Å². The summed E-state index contributed by atoms with van der Waals surface area (Å²) in [4.78, 5) is 31.1. The summed E-state index contributed by atoms with van der Waals surface area (Å²) in [5.74, 6) is -0.0864. The molecule has 0 aliphatic carbocycles. The molecule has 1 aliphatic rings. The van der Waals surface area contributed by atoms with Crippen molar-refractivity contribution < 1.29 is 9.59 Å². The number of hydrogen-bond acceptors (Lipinski definition) is 4. The Balaban J connectivity index is 2.23. The van der Waals surface area contributed by atoms with Crippen molar-refractivity contribution in [2.45, 2.75) is 39.2 Å². The predicted molar refractivity (Wildman–Crippen MR) is 74.2 cm³/mol. The van der Waals surface area contributed by atoms with E-state index in [0.717, 1.165) is 18.5 Å². The Hall–Kier alpha value is -1.43. The van der Waals surface area contributed by atoms with Gasteiger partial charge in [-0.2, -0.15) is 0 Å². The highest BCUT2D eigenvalue weighted by Gasteiger charge is 2.34. The predicted octanol–water partition coefficient (Wildman–Crippen LogP) is 1.45. The van der Waals surface area contributed by atoms with Gasteiger partial charge >= 0.3 is 0 Å². The molecule has 2 amide bonds. The highest BCUT2D eigenvalue weighted by atomic mass is 32.1. The van der Waals surface area contributed by atoms with Crippen molar-refractivity contribution in [1.82, 2.24) is 15.2 Å². The minimum Gasteiger partial charge on any atom is -0.353 e. The van der Waals surface area contributed by atoms with Crippen LogP contribution in [0, 0.1) is 0 Å². The van der Waals surface area contributed by atoms with Crippen molar-refractivity contribution in [3.8, 4) is 0 Å². The first-order valence-electron chi connectivity index (χ1n) is 6.70. The second kappa shape index (κ2) is 6.14. The largest absolute Gasteiger partial charge is 0.353 e. The highest BCUT2D eigenvalue weighted by Crippen LogP contribution is 2.20. The molecule has 6 heteroatoms. The topological polar surface area (TPSA) is 62.3 Å². The van der Waals surface area contributed by atoms with Crippen molar-refractivity contribution >= 4 is 23.2 Å². The number of hydrogen-bond donors (Lipinski definition) is 1. The van der Waals surface area contributed by atoms with Gasteiger partial charge in [-0.15, -0.1) is 11.3 Å². The number of piperazine rings is 1. The van der Waals surface area contributed by atoms with Crippen LogP contribution in [0.4, 0.5) is 0 Å². The molecule has 1 aromatic heterocycles. The summed E-state index contributed by atoms with van der Waals surface area (Å²) in [7, 11) is 0. The van der Waals surface area contributed by atoms with Gasteiger partial charge in [0.15, 0.2) is 0 Å². The number of thiazole rings is 1. The molecule has 104 valence electrons. The molecule has 0 saturated carbocycles. The van der Waals surface area contributed by atoms with Crippen LogP contribution >= 0.6 is 11.3 Å². The smallest absolute Gasteiger partial charge is 0.266 e. The van der Waals surface area contributed by atoms with Gasteiger partial charge < -0.3 is 10.2 Å². The van der Waals surface area contributed by atoms with Gasteiger partial charge in [-0.25, -0.2) is 4.98 Å². The Morgan fingerprint density at radius 1 is 1.58 bits per heavy atom. The molecule has 1 atom stereocenters. The van der Waals surface area contributed by atoms with Crippen LogP contribution in [0.2, 0.25) is 0 Å². The van der Waals surface area contributed by atoms with Crippen LogP contribution in [0.3, 0.4) is 0 Å². The molecular weight excluding hydrogens is 262 g/mol. The molecule has 1 aromatic rings. The van der Waals surface area contributed by atoms with Gasteiger partial charge in [0.05, 0.1) is 11.2 Å². The molecule has 5 nitrogen and oxygen atoms in total. The SMILES string of the molecule is CCCC1C(=O)NCCN1C(=O)c1scnc1CC. The average Bonchev–Trinajstić information content (AvgIpc) is 2.89. The van der Waals surface area contributed by atoms with E-state index in [2.05, 4.69) is 10.3 Å². The first kappa shape index (κ1) is 14.0. The molecule has 1 saturated heterocycles. The maximum atomic E-state index is 12.6. The average molecular weight is 281 g/mol. The maximum absolute atomic E-state index is 12.6. The first-order chi connectivity index (χ1) is 9.19. The zero-order valence-electron chi connectivity index (χ0n) is 11.3. The molecule has 2 rings (SSSR count). The highest BCUT2D eigenvalue weighted by molar-refractivity contribution is 7.11. The molecule has 1 N–H and O–H groups in total. The van der Waals surface area contributed by atoms with Gasteiger partial charge in [0.1, 0.15) is 10.9 Å². The van der Waals surface area contributed by atoms with Crippen LogP contribution in [0.25, 0.3) is 0 Å². The third-order valence-corrected chi connectivity index (χ3v) is 4.18. The van der Waals surface area contributed by atoms with Crippen molar-refractivity contribution in [2.75, 3.05) is 13.1 Å². The maximum Gasteiger partial charge on any atom is 0.266 e. The van der Waals surface area contributed by atoms with E-state index in [4.69, 9.17) is 0 Å². The number of rotatable bonds is 4. The zero-order chi connectivity index (χ0) is 13.8. The summed E-state index contributed by atoms with van der Waals surface area (Å²) in [6.45, 7) is 5.12. The van der Waals surface area contributed by atoms with Crippen molar-refractivity contribution in [2.24, 2.45) is 0 Å². The third kappa shape index (κ3) is 2.78. The Labute approximate surface area is 117 Å². The molecule has 0 radical (unpaired) electrons. The summed E-state index contributed by atoms with van der Waals surface area (Å²) in [6.07, 6.45) is 2.33. The minimum atomic E-state index is -0.335. The monoisotopic (exact) mass is 281 g/mol. The fourth-order valence-electron chi connectivity index (χ4n) is 2.34. The Morgan fingerprint density at radius 3 is 3.05 bits per heavy atom. The molecule has 1 fully saturated rings. The molecule has 0 spiro atoms. The lowest BCUT2D eigenvalue weighted by Crippen LogP contribution is -2.57. The van der Waals surface area contributed by atoms with Crippen LogP contribution in [0.15, 0.2) is 5.51 Å². The number of amides is 2. The molecule has 1 unspecified atom stereocenters. The van der Waals surface area contributed by atoms with Crippen molar-refractivity contribution in [1.29, 1.82) is 0 Å². The van der Waals surface area contributed by atoms with Crippen molar-refractivity contribution in [3.63, 3.8) is 0 Å². The number of aryl methyl sites for hydroxylation is 1. The summed E-state index contributed by atoms with van der Waals surface area (Å²) in [6, 6.07) is -0.335. The molecule has 0 aromatic carbocycles. The lowest BCUT2D eigenvalue weighted by atomic mass is 10.1. The number of nitrogens with zero attached hydrogens (tertiary/aromatic N) is 2. The number of carbonyl (C=O) groups is 2. The molecule has 1 aliphatic heterocycles. The van der Waals surface area contributed by atoms with Crippen LogP contribution < -0.4 is 5.32 Å². The lowest BCUT2D eigenvalue weighted by molar-refractivity contribution is -0.128. The molecule has 2 heterocycles. The molecule has 19 heavy (non-hydrogen) atoms. The van der Waals surface area contributed by atoms with E-state index in [1.807, 2.05) is 13.8 Å². The van der Waals surface area contributed by atoms with E-state index in [-0.39, 0.29) is 17.9 Å². The number of nitrogens with one attached hydrogen (secondary N) is 1. The summed E-state index contributed by atoms with van der Waals surface area (Å²) in [5, 5.41) is 2.83. The fraction of sp³-hybridized carbons (Fsp3) is 0.615. The van der Waals surface area contributed by atoms with Gasteiger partial charge in [0, 0.05) is 13.1 Å². The second-order valence-corrected chi connectivity index (χ2v) is 5.43. The van der Waals surface area contributed by atoms with Crippen LogP contribution in [-0.4, -0.2) is 40.8 Å². The van der Waals surface area contributed by atoms with Gasteiger partial charge in [0.25, 0.3) is 5.91 Å². The quantitative estimate of drug-likeness (QED) is 0.908. The summed E-state index contributed by atoms with van der Waals surface area (Å²) >= 11 is 1.36. The standard InChI is InChI=1S/C13H19N3O2S/c1-3-5-10-12(17)14-6-7-16(10)13(18)11-9(4-2)15-8-19-11/h8,10H,3-7H2,1-2H3,(H,14,17). The van der Waals surface area contributed by atoms with E-state index in [0.29, 0.717) is 24.4 Å². The second-order valence-electron chi connectivity index (χ2n) is 4.58. The van der Waals surface area contributed by atoms with Crippen LogP contribution in [0.1, 0.15) is 42.1 Å².